The molecule has 0 atom stereocenters. The summed E-state index contributed by atoms with van der Waals surface area (Å²) in [5, 5.41) is 6.32. The van der Waals surface area contributed by atoms with Gasteiger partial charge >= 0.3 is 5.97 Å². The molecule has 10 heteroatoms. The summed E-state index contributed by atoms with van der Waals surface area (Å²) in [6, 6.07) is 9.30. The Bertz CT molecular complexity index is 1220. The quantitative estimate of drug-likeness (QED) is 0.376. The zero-order chi connectivity index (χ0) is 24.8. The average molecular weight is 497 g/mol. The number of aromatic nitrogens is 2. The van der Waals surface area contributed by atoms with E-state index in [1.807, 2.05) is 29.2 Å². The van der Waals surface area contributed by atoms with Gasteiger partial charge in [-0.3, -0.25) is 14.4 Å². The van der Waals surface area contributed by atoms with E-state index in [2.05, 4.69) is 20.0 Å². The van der Waals surface area contributed by atoms with Crippen molar-refractivity contribution < 1.29 is 23.9 Å². The van der Waals surface area contributed by atoms with Crippen LogP contribution in [-0.4, -0.2) is 66.5 Å². The maximum absolute atomic E-state index is 13.1. The lowest BCUT2D eigenvalue weighted by atomic mass is 9.97. The zero-order valence-corrected chi connectivity index (χ0v) is 20.6. The molecule has 1 N–H and O–H groups in total. The maximum atomic E-state index is 13.1. The van der Waals surface area contributed by atoms with Crippen LogP contribution < -0.4 is 10.1 Å². The van der Waals surface area contributed by atoms with Crippen LogP contribution in [0, 0.1) is 0 Å². The van der Waals surface area contributed by atoms with Gasteiger partial charge in [-0.25, -0.2) is 9.97 Å². The van der Waals surface area contributed by atoms with E-state index in [0.717, 1.165) is 28.8 Å². The number of likely N-dealkylation sites (tertiary alicyclic amines) is 1. The molecular formula is C25H28N4O5S. The highest BCUT2D eigenvalue weighted by Crippen LogP contribution is 2.31. The summed E-state index contributed by atoms with van der Waals surface area (Å²) in [6.45, 7) is 1.57. The number of benzene rings is 1. The minimum Gasteiger partial charge on any atom is -0.496 e. The van der Waals surface area contributed by atoms with Crippen LogP contribution in [0.4, 0.5) is 0 Å². The van der Waals surface area contributed by atoms with E-state index in [-0.39, 0.29) is 30.1 Å². The summed E-state index contributed by atoms with van der Waals surface area (Å²) >= 11 is 1.47. The third-order valence-electron chi connectivity index (χ3n) is 6.07. The molecule has 0 saturated carbocycles. The first-order valence-electron chi connectivity index (χ1n) is 11.5. The second kappa shape index (κ2) is 11.3. The van der Waals surface area contributed by atoms with E-state index < -0.39 is 0 Å². The van der Waals surface area contributed by atoms with Gasteiger partial charge in [0.05, 0.1) is 24.7 Å². The summed E-state index contributed by atoms with van der Waals surface area (Å²) in [4.78, 5) is 47.5. The van der Waals surface area contributed by atoms with E-state index in [9.17, 15) is 14.4 Å². The fourth-order valence-corrected chi connectivity index (χ4v) is 5.09. The Hall–Kier alpha value is -3.53. The molecule has 1 aliphatic heterocycles. The number of methoxy groups -OCH3 is 2. The SMILES string of the molecule is COC(=O)CCCNC(=O)c1csc(C2CCN(C(=O)c3cc(OC)c4ccccc4n3)CC2)n1. The number of rotatable bonds is 8. The lowest BCUT2D eigenvalue weighted by Gasteiger charge is -2.31. The Morgan fingerprint density at radius 2 is 1.89 bits per heavy atom. The van der Waals surface area contributed by atoms with Crippen LogP contribution in [0.3, 0.4) is 0 Å². The van der Waals surface area contributed by atoms with E-state index in [0.29, 0.717) is 43.2 Å². The van der Waals surface area contributed by atoms with Crippen molar-refractivity contribution in [3.63, 3.8) is 0 Å². The number of nitrogens with one attached hydrogen (secondary N) is 1. The maximum Gasteiger partial charge on any atom is 0.305 e. The average Bonchev–Trinajstić information content (AvgIpc) is 3.40. The number of hydrogen-bond acceptors (Lipinski definition) is 8. The zero-order valence-electron chi connectivity index (χ0n) is 19.8. The van der Waals surface area contributed by atoms with Crippen molar-refractivity contribution in [2.24, 2.45) is 0 Å². The highest BCUT2D eigenvalue weighted by molar-refractivity contribution is 7.09. The fraction of sp³-hybridized carbons (Fsp3) is 0.400. The molecule has 1 fully saturated rings. The molecule has 0 spiro atoms. The monoisotopic (exact) mass is 496 g/mol. The summed E-state index contributed by atoms with van der Waals surface area (Å²) in [5.74, 6) is 0.173. The van der Waals surface area contributed by atoms with Gasteiger partial charge < -0.3 is 19.7 Å². The molecule has 1 aromatic carbocycles. The van der Waals surface area contributed by atoms with Crippen molar-refractivity contribution in [2.45, 2.75) is 31.6 Å². The first kappa shape index (κ1) is 24.6. The molecule has 0 radical (unpaired) electrons. The minimum atomic E-state index is -0.296. The molecule has 184 valence electrons. The van der Waals surface area contributed by atoms with Crippen LogP contribution in [0.1, 0.15) is 57.6 Å². The van der Waals surface area contributed by atoms with Gasteiger partial charge in [0, 0.05) is 48.8 Å². The molecule has 0 bridgehead atoms. The number of fused-ring (bicyclic) bond motifs is 1. The molecule has 2 aromatic heterocycles. The van der Waals surface area contributed by atoms with Crippen molar-refractivity contribution in [2.75, 3.05) is 33.9 Å². The number of carbonyl (C=O) groups is 3. The van der Waals surface area contributed by atoms with Crippen LogP contribution >= 0.6 is 11.3 Å². The van der Waals surface area contributed by atoms with Gasteiger partial charge in [-0.15, -0.1) is 11.3 Å². The Morgan fingerprint density at radius 1 is 1.11 bits per heavy atom. The highest BCUT2D eigenvalue weighted by atomic mass is 32.1. The van der Waals surface area contributed by atoms with Crippen molar-refractivity contribution >= 4 is 40.0 Å². The summed E-state index contributed by atoms with van der Waals surface area (Å²) in [6.07, 6.45) is 2.31. The highest BCUT2D eigenvalue weighted by Gasteiger charge is 2.28. The molecular weight excluding hydrogens is 468 g/mol. The largest absolute Gasteiger partial charge is 0.496 e. The number of carbonyl (C=O) groups excluding carboxylic acids is 3. The number of amides is 2. The topological polar surface area (TPSA) is 111 Å². The van der Waals surface area contributed by atoms with Gasteiger partial charge in [-0.05, 0) is 31.4 Å². The second-order valence-corrected chi connectivity index (χ2v) is 9.19. The number of para-hydroxylation sites is 1. The molecule has 9 nitrogen and oxygen atoms in total. The van der Waals surface area contributed by atoms with Gasteiger partial charge in [0.25, 0.3) is 11.8 Å². The summed E-state index contributed by atoms with van der Waals surface area (Å²) in [7, 11) is 2.93. The number of pyridine rings is 1. The smallest absolute Gasteiger partial charge is 0.305 e. The summed E-state index contributed by atoms with van der Waals surface area (Å²) < 4.78 is 10.1. The lowest BCUT2D eigenvalue weighted by molar-refractivity contribution is -0.140. The minimum absolute atomic E-state index is 0.112. The van der Waals surface area contributed by atoms with Crippen LogP contribution in [0.25, 0.3) is 10.9 Å². The first-order valence-corrected chi connectivity index (χ1v) is 12.4. The fourth-order valence-electron chi connectivity index (χ4n) is 4.12. The molecule has 1 aliphatic rings. The molecule has 2 amide bonds. The third kappa shape index (κ3) is 5.76. The van der Waals surface area contributed by atoms with Crippen molar-refractivity contribution in [3.05, 3.63) is 52.1 Å². The van der Waals surface area contributed by atoms with E-state index in [1.54, 1.807) is 18.6 Å². The van der Waals surface area contributed by atoms with Crippen LogP contribution in [-0.2, 0) is 9.53 Å². The van der Waals surface area contributed by atoms with Gasteiger partial charge in [-0.2, -0.15) is 0 Å². The molecule has 4 rings (SSSR count). The molecule has 0 aliphatic carbocycles. The van der Waals surface area contributed by atoms with E-state index >= 15 is 0 Å². The molecule has 3 aromatic rings. The standard InChI is InChI=1S/C25H28N4O5S/c1-33-21-14-19(27-18-7-4-3-6-17(18)21)25(32)29-12-9-16(10-13-29)24-28-20(15-35-24)23(31)26-11-5-8-22(30)34-2/h3-4,6-7,14-16H,5,8-13H2,1-2H3,(H,26,31). The van der Waals surface area contributed by atoms with Crippen molar-refractivity contribution in [3.8, 4) is 5.75 Å². The Balaban J connectivity index is 1.33. The Morgan fingerprint density at radius 3 is 2.63 bits per heavy atom. The second-order valence-electron chi connectivity index (χ2n) is 8.30. The Kier molecular flexibility index (Phi) is 7.91. The number of nitrogens with zero attached hydrogens (tertiary/aromatic N) is 3. The molecule has 3 heterocycles. The van der Waals surface area contributed by atoms with E-state index in [1.165, 1.54) is 18.4 Å². The predicted molar refractivity (Wildman–Crippen MR) is 132 cm³/mol. The van der Waals surface area contributed by atoms with Gasteiger partial charge in [-0.1, -0.05) is 12.1 Å². The Labute approximate surface area is 207 Å². The molecule has 0 unspecified atom stereocenters. The van der Waals surface area contributed by atoms with Crippen molar-refractivity contribution in [1.29, 1.82) is 0 Å². The number of hydrogen-bond donors (Lipinski definition) is 1. The number of piperidine rings is 1. The van der Waals surface area contributed by atoms with E-state index in [4.69, 9.17) is 4.74 Å². The molecule has 1 saturated heterocycles. The van der Waals surface area contributed by atoms with Crippen LogP contribution in [0.5, 0.6) is 5.75 Å². The third-order valence-corrected chi connectivity index (χ3v) is 7.08. The lowest BCUT2D eigenvalue weighted by Crippen LogP contribution is -2.38. The van der Waals surface area contributed by atoms with Gasteiger partial charge in [0.2, 0.25) is 0 Å². The van der Waals surface area contributed by atoms with Crippen LogP contribution in [0.2, 0.25) is 0 Å². The normalized spacial score (nSPS) is 14.1. The first-order chi connectivity index (χ1) is 17.0. The van der Waals surface area contributed by atoms with Gasteiger partial charge in [0.15, 0.2) is 0 Å². The van der Waals surface area contributed by atoms with Crippen LogP contribution in [0.15, 0.2) is 35.7 Å². The number of thiazole rings is 1. The number of ether oxygens (including phenoxy) is 2. The summed E-state index contributed by atoms with van der Waals surface area (Å²) in [5.41, 5.74) is 1.48. The predicted octanol–water partition coefficient (Wildman–Crippen LogP) is 3.40. The molecule has 35 heavy (non-hydrogen) atoms. The van der Waals surface area contributed by atoms with Crippen molar-refractivity contribution in [1.82, 2.24) is 20.2 Å². The van der Waals surface area contributed by atoms with Gasteiger partial charge in [0.1, 0.15) is 17.1 Å². The number of esters is 1.